The Hall–Kier alpha value is -3.18. The smallest absolute Gasteiger partial charge is 0.189 e. The van der Waals surface area contributed by atoms with Gasteiger partial charge in [-0.1, -0.05) is 0 Å². The number of hydrogen-bond donors (Lipinski definition) is 0. The van der Waals surface area contributed by atoms with Gasteiger partial charge in [0.15, 0.2) is 13.6 Å². The summed E-state index contributed by atoms with van der Waals surface area (Å²) >= 11 is 2.92. The molecule has 2 heterocycles. The van der Waals surface area contributed by atoms with E-state index in [0.29, 0.717) is 73.4 Å². The Morgan fingerprint density at radius 1 is 0.550 bits per heavy atom. The molecule has 4 aromatic rings. The van der Waals surface area contributed by atoms with Gasteiger partial charge in [0.1, 0.15) is 34.6 Å². The molecule has 0 aliphatic rings. The quantitative estimate of drug-likeness (QED) is 0.0909. The minimum Gasteiger partial charge on any atom is -0.493 e. The van der Waals surface area contributed by atoms with Gasteiger partial charge in [-0.25, -0.2) is 8.78 Å². The third kappa shape index (κ3) is 8.17. The zero-order valence-corrected chi connectivity index (χ0v) is 24.1. The standard InChI is InChI=1S/C30H32F2O6S2/c1-3-33-19-37-29-17-39-15-25(29)23-13-21(31)7-9-27(23)35-11-5-6-12-36-28-10-8-22(32)14-24(28)26-16-40-18-30(26)38-20-34-4-2/h7-10,13-18H,3-6,11-12,19-20H2,1-2H3. The molecule has 6 nitrogen and oxygen atoms in total. The zero-order valence-electron chi connectivity index (χ0n) is 22.5. The lowest BCUT2D eigenvalue weighted by Crippen LogP contribution is -2.05. The van der Waals surface area contributed by atoms with Crippen molar-refractivity contribution < 1.29 is 37.2 Å². The number of unbranched alkanes of at least 4 members (excludes halogenated alkanes) is 1. The normalized spacial score (nSPS) is 11.0. The largest absolute Gasteiger partial charge is 0.493 e. The van der Waals surface area contributed by atoms with Crippen molar-refractivity contribution in [2.24, 2.45) is 0 Å². The van der Waals surface area contributed by atoms with Gasteiger partial charge in [0.05, 0.1) is 13.2 Å². The molecule has 0 atom stereocenters. The summed E-state index contributed by atoms with van der Waals surface area (Å²) < 4.78 is 62.3. The Kier molecular flexibility index (Phi) is 11.6. The van der Waals surface area contributed by atoms with E-state index in [1.165, 1.54) is 46.9 Å². The van der Waals surface area contributed by atoms with Crippen LogP contribution in [0.4, 0.5) is 8.78 Å². The fraction of sp³-hybridized carbons (Fsp3) is 0.333. The molecule has 4 rings (SSSR count). The molecule has 0 aliphatic carbocycles. The predicted molar refractivity (Wildman–Crippen MR) is 154 cm³/mol. The van der Waals surface area contributed by atoms with Crippen molar-refractivity contribution in [3.63, 3.8) is 0 Å². The first-order valence-corrected chi connectivity index (χ1v) is 14.9. The highest BCUT2D eigenvalue weighted by Crippen LogP contribution is 2.41. The SMILES string of the molecule is CCOCOc1cscc1-c1cc(F)ccc1OCCCCOc1ccc(F)cc1-c1cscc1OCOCC. The zero-order chi connectivity index (χ0) is 28.2. The van der Waals surface area contributed by atoms with E-state index in [2.05, 4.69) is 0 Å². The first-order chi connectivity index (χ1) is 19.6. The van der Waals surface area contributed by atoms with Gasteiger partial charge in [-0.3, -0.25) is 0 Å². The van der Waals surface area contributed by atoms with Crippen molar-refractivity contribution in [1.29, 1.82) is 0 Å². The van der Waals surface area contributed by atoms with Crippen LogP contribution in [0.5, 0.6) is 23.0 Å². The molecule has 0 bridgehead atoms. The van der Waals surface area contributed by atoms with Crippen LogP contribution >= 0.6 is 22.7 Å². The summed E-state index contributed by atoms with van der Waals surface area (Å²) in [5.41, 5.74) is 2.75. The van der Waals surface area contributed by atoms with Crippen LogP contribution in [0.2, 0.25) is 0 Å². The molecule has 10 heteroatoms. The molecule has 0 radical (unpaired) electrons. The molecule has 0 saturated heterocycles. The summed E-state index contributed by atoms with van der Waals surface area (Å²) in [5, 5.41) is 7.51. The van der Waals surface area contributed by atoms with Gasteiger partial charge in [-0.15, -0.1) is 22.7 Å². The minimum absolute atomic E-state index is 0.121. The number of hydrogen-bond acceptors (Lipinski definition) is 8. The Balaban J connectivity index is 1.33. The molecule has 2 aromatic carbocycles. The summed E-state index contributed by atoms with van der Waals surface area (Å²) in [6, 6.07) is 8.90. The Labute approximate surface area is 241 Å². The van der Waals surface area contributed by atoms with Gasteiger partial charge in [-0.2, -0.15) is 0 Å². The molecule has 0 spiro atoms. The van der Waals surface area contributed by atoms with Crippen LogP contribution in [-0.2, 0) is 9.47 Å². The summed E-state index contributed by atoms with van der Waals surface area (Å²) in [5.74, 6) is 1.67. The van der Waals surface area contributed by atoms with Crippen molar-refractivity contribution in [3.8, 4) is 45.3 Å². The summed E-state index contributed by atoms with van der Waals surface area (Å²) in [4.78, 5) is 0. The second-order valence-electron chi connectivity index (χ2n) is 8.49. The fourth-order valence-electron chi connectivity index (χ4n) is 3.81. The van der Waals surface area contributed by atoms with Crippen LogP contribution in [0, 0.1) is 11.6 Å². The van der Waals surface area contributed by atoms with Crippen molar-refractivity contribution >= 4 is 22.7 Å². The maximum Gasteiger partial charge on any atom is 0.189 e. The first-order valence-electron chi connectivity index (χ1n) is 13.0. The van der Waals surface area contributed by atoms with E-state index in [4.69, 9.17) is 28.4 Å². The molecular weight excluding hydrogens is 558 g/mol. The molecule has 0 saturated carbocycles. The monoisotopic (exact) mass is 590 g/mol. The molecule has 214 valence electrons. The van der Waals surface area contributed by atoms with Crippen LogP contribution in [-0.4, -0.2) is 40.0 Å². The van der Waals surface area contributed by atoms with Crippen LogP contribution in [0.1, 0.15) is 26.7 Å². The number of halogens is 2. The summed E-state index contributed by atoms with van der Waals surface area (Å²) in [6.45, 7) is 5.93. The van der Waals surface area contributed by atoms with Crippen LogP contribution in [0.25, 0.3) is 22.3 Å². The Morgan fingerprint density at radius 3 is 1.43 bits per heavy atom. The van der Waals surface area contributed by atoms with Gasteiger partial charge >= 0.3 is 0 Å². The highest BCUT2D eigenvalue weighted by Gasteiger charge is 2.16. The molecule has 0 fully saturated rings. The van der Waals surface area contributed by atoms with E-state index in [0.717, 1.165) is 11.1 Å². The summed E-state index contributed by atoms with van der Waals surface area (Å²) in [6.07, 6.45) is 1.40. The fourth-order valence-corrected chi connectivity index (χ4v) is 5.34. The van der Waals surface area contributed by atoms with E-state index < -0.39 is 0 Å². The highest BCUT2D eigenvalue weighted by molar-refractivity contribution is 7.08. The van der Waals surface area contributed by atoms with Gasteiger partial charge in [0.25, 0.3) is 0 Å². The van der Waals surface area contributed by atoms with E-state index in [1.807, 2.05) is 35.4 Å². The van der Waals surface area contributed by atoms with Crippen LogP contribution in [0.15, 0.2) is 57.9 Å². The first kappa shape index (κ1) is 29.8. The molecule has 2 aromatic heterocycles. The van der Waals surface area contributed by atoms with Crippen molar-refractivity contribution in [3.05, 3.63) is 69.6 Å². The molecule has 40 heavy (non-hydrogen) atoms. The van der Waals surface area contributed by atoms with Gasteiger partial charge in [-0.05, 0) is 63.1 Å². The van der Waals surface area contributed by atoms with E-state index in [1.54, 1.807) is 12.1 Å². The lowest BCUT2D eigenvalue weighted by Gasteiger charge is -2.14. The third-order valence-corrected chi connectivity index (χ3v) is 7.22. The number of rotatable bonds is 17. The minimum atomic E-state index is -0.357. The Bertz CT molecular complexity index is 1240. The predicted octanol–water partition coefficient (Wildman–Crippen LogP) is 8.41. The average Bonchev–Trinajstić information content (AvgIpc) is 3.62. The second-order valence-corrected chi connectivity index (χ2v) is 9.98. The average molecular weight is 591 g/mol. The maximum absolute atomic E-state index is 14.1. The van der Waals surface area contributed by atoms with Gasteiger partial charge in [0.2, 0.25) is 0 Å². The lowest BCUT2D eigenvalue weighted by atomic mass is 10.1. The Morgan fingerprint density at radius 2 is 1.00 bits per heavy atom. The van der Waals surface area contributed by atoms with E-state index >= 15 is 0 Å². The second kappa shape index (κ2) is 15.6. The van der Waals surface area contributed by atoms with Crippen molar-refractivity contribution in [2.45, 2.75) is 26.7 Å². The van der Waals surface area contributed by atoms with Crippen molar-refractivity contribution in [2.75, 3.05) is 40.0 Å². The van der Waals surface area contributed by atoms with Crippen LogP contribution in [0.3, 0.4) is 0 Å². The van der Waals surface area contributed by atoms with Crippen LogP contribution < -0.4 is 18.9 Å². The van der Waals surface area contributed by atoms with E-state index in [-0.39, 0.29) is 25.2 Å². The molecule has 0 unspecified atom stereocenters. The topological polar surface area (TPSA) is 55.4 Å². The molecule has 0 N–H and O–H groups in total. The number of ether oxygens (including phenoxy) is 6. The maximum atomic E-state index is 14.1. The van der Waals surface area contributed by atoms with Crippen molar-refractivity contribution in [1.82, 2.24) is 0 Å². The third-order valence-electron chi connectivity index (χ3n) is 5.77. The van der Waals surface area contributed by atoms with E-state index in [9.17, 15) is 8.78 Å². The number of benzene rings is 2. The summed E-state index contributed by atoms with van der Waals surface area (Å²) in [7, 11) is 0. The molecular formula is C30H32F2O6S2. The number of thiophene rings is 2. The molecule has 0 aliphatic heterocycles. The highest BCUT2D eigenvalue weighted by atomic mass is 32.1. The van der Waals surface area contributed by atoms with Gasteiger partial charge < -0.3 is 28.4 Å². The molecule has 0 amide bonds. The lowest BCUT2D eigenvalue weighted by molar-refractivity contribution is 0.0228. The van der Waals surface area contributed by atoms with Gasteiger partial charge in [0, 0.05) is 57.0 Å².